The van der Waals surface area contributed by atoms with E-state index in [0.29, 0.717) is 0 Å². The Hall–Kier alpha value is -0.995. The largest absolute Gasteiger partial charge is 0.673 e. The molecule has 0 aliphatic heterocycles. The van der Waals surface area contributed by atoms with Crippen molar-refractivity contribution in [3.05, 3.63) is 35.9 Å². The summed E-state index contributed by atoms with van der Waals surface area (Å²) in [6.45, 7) is 6.63. The molecule has 1 rings (SSSR count). The Morgan fingerprint density at radius 1 is 1.00 bits per heavy atom. The molecular weight excluding hydrogens is 207 g/mol. The van der Waals surface area contributed by atoms with Crippen LogP contribution < -0.4 is 0 Å². The molecule has 0 N–H and O–H groups in total. The average molecular weight is 220 g/mol. The summed E-state index contributed by atoms with van der Waals surface area (Å²) in [5.41, 5.74) is 1.64. The van der Waals surface area contributed by atoms with Crippen LogP contribution in [0.25, 0.3) is 0 Å². The van der Waals surface area contributed by atoms with Gasteiger partial charge in [-0.3, -0.25) is 0 Å². The Balaban J connectivity index is 0.000000336. The molecule has 0 nitrogen and oxygen atoms in total. The molecule has 15 heavy (non-hydrogen) atoms. The molecule has 0 spiro atoms. The van der Waals surface area contributed by atoms with E-state index in [4.69, 9.17) is 0 Å². The smallest absolute Gasteiger partial charge is 0.418 e. The number of benzene rings is 1. The molecule has 0 unspecified atom stereocenters. The van der Waals surface area contributed by atoms with E-state index < -0.39 is 7.25 Å². The van der Waals surface area contributed by atoms with E-state index in [-0.39, 0.29) is 5.41 Å². The predicted octanol–water partition coefficient (Wildman–Crippen LogP) is 4.08. The summed E-state index contributed by atoms with van der Waals surface area (Å²) in [5.74, 6) is 0. The molecule has 0 saturated heterocycles. The lowest BCUT2D eigenvalue weighted by atomic mass is 9.87. The molecule has 5 heteroatoms. The van der Waals surface area contributed by atoms with Crippen LogP contribution in [0.4, 0.5) is 17.3 Å². The highest BCUT2D eigenvalue weighted by Crippen LogP contribution is 2.20. The maximum atomic E-state index is 9.75. The minimum Gasteiger partial charge on any atom is -0.418 e. The number of halogens is 4. The van der Waals surface area contributed by atoms with Gasteiger partial charge in [0, 0.05) is 0 Å². The van der Waals surface area contributed by atoms with Gasteiger partial charge in [0.05, 0.1) is 0 Å². The van der Waals surface area contributed by atoms with E-state index in [2.05, 4.69) is 39.0 Å². The second-order valence-electron chi connectivity index (χ2n) is 4.03. The maximum Gasteiger partial charge on any atom is 0.673 e. The van der Waals surface area contributed by atoms with Crippen LogP contribution in [0.2, 0.25) is 0 Å². The minimum atomic E-state index is -6.00. The molecule has 0 aromatic heterocycles. The van der Waals surface area contributed by atoms with Gasteiger partial charge in [-0.1, -0.05) is 45.0 Å². The highest BCUT2D eigenvalue weighted by molar-refractivity contribution is 6.50. The zero-order valence-electron chi connectivity index (χ0n) is 8.90. The molecule has 1 radical (unpaired) electrons. The van der Waals surface area contributed by atoms with Crippen molar-refractivity contribution in [2.45, 2.75) is 26.2 Å². The third kappa shape index (κ3) is 9.31. The predicted molar refractivity (Wildman–Crippen MR) is 54.2 cm³/mol. The van der Waals surface area contributed by atoms with Crippen molar-refractivity contribution >= 4 is 7.25 Å². The molecule has 0 fully saturated rings. The third-order valence-electron chi connectivity index (χ3n) is 1.58. The van der Waals surface area contributed by atoms with E-state index in [1.807, 2.05) is 12.1 Å². The highest BCUT2D eigenvalue weighted by Gasteiger charge is 2.20. The van der Waals surface area contributed by atoms with Crippen LogP contribution in [0.5, 0.6) is 0 Å². The standard InChI is InChI=1S/C10H13.BF4/c1-10(2,3)9-7-5-4-6-8-9;2-1(3,4)5/h5-8H,1-3H3;/q;-1. The van der Waals surface area contributed by atoms with Crippen LogP contribution in [-0.4, -0.2) is 7.25 Å². The van der Waals surface area contributed by atoms with Crippen molar-refractivity contribution in [2.75, 3.05) is 0 Å². The van der Waals surface area contributed by atoms with Crippen LogP contribution in [0.1, 0.15) is 26.3 Å². The lowest BCUT2D eigenvalue weighted by Crippen LogP contribution is -2.10. The van der Waals surface area contributed by atoms with Crippen molar-refractivity contribution in [2.24, 2.45) is 0 Å². The van der Waals surface area contributed by atoms with Gasteiger partial charge in [0.1, 0.15) is 0 Å². The molecule has 0 saturated carbocycles. The summed E-state index contributed by atoms with van der Waals surface area (Å²) in [7, 11) is -6.00. The first-order chi connectivity index (χ1) is 6.61. The van der Waals surface area contributed by atoms with E-state index >= 15 is 0 Å². The van der Waals surface area contributed by atoms with Gasteiger partial charge in [0.25, 0.3) is 0 Å². The van der Waals surface area contributed by atoms with Crippen molar-refractivity contribution < 1.29 is 17.3 Å². The van der Waals surface area contributed by atoms with Gasteiger partial charge >= 0.3 is 7.25 Å². The van der Waals surface area contributed by atoms with Gasteiger partial charge in [-0.15, -0.1) is 0 Å². The Labute approximate surface area is 87.4 Å². The van der Waals surface area contributed by atoms with Crippen LogP contribution in [0.15, 0.2) is 24.3 Å². The second-order valence-corrected chi connectivity index (χ2v) is 4.03. The summed E-state index contributed by atoms with van der Waals surface area (Å²) in [6.07, 6.45) is 0. The molecule has 0 aliphatic carbocycles. The zero-order chi connectivity index (χ0) is 12.1. The Bertz CT molecular complexity index is 268. The van der Waals surface area contributed by atoms with Gasteiger partial charge in [0.15, 0.2) is 0 Å². The molecule has 1 aromatic rings. The number of hydrogen-bond acceptors (Lipinski definition) is 0. The van der Waals surface area contributed by atoms with Crippen LogP contribution >= 0.6 is 0 Å². The summed E-state index contributed by atoms with van der Waals surface area (Å²) in [4.78, 5) is 0. The topological polar surface area (TPSA) is 0 Å². The van der Waals surface area contributed by atoms with Gasteiger partial charge in [-0.05, 0) is 17.0 Å². The first-order valence-electron chi connectivity index (χ1n) is 4.44. The average Bonchev–Trinajstić information content (AvgIpc) is 2.01. The SMILES string of the molecule is CC(C)(C)c1cc[c]cc1.F[B-](F)(F)F. The van der Waals surface area contributed by atoms with Crippen LogP contribution in [0.3, 0.4) is 0 Å². The van der Waals surface area contributed by atoms with Crippen LogP contribution in [-0.2, 0) is 5.41 Å². The molecule has 0 bridgehead atoms. The molecule has 85 valence electrons. The number of rotatable bonds is 0. The lowest BCUT2D eigenvalue weighted by molar-refractivity contribution is 0.368. The quantitative estimate of drug-likeness (QED) is 0.456. The van der Waals surface area contributed by atoms with Crippen molar-refractivity contribution in [3.8, 4) is 0 Å². The summed E-state index contributed by atoms with van der Waals surface area (Å²) < 4.78 is 39.0. The van der Waals surface area contributed by atoms with E-state index in [1.165, 1.54) is 5.56 Å². The fraction of sp³-hybridized carbons (Fsp3) is 0.400. The Kier molecular flexibility index (Phi) is 4.84. The Morgan fingerprint density at radius 2 is 1.33 bits per heavy atom. The zero-order valence-corrected chi connectivity index (χ0v) is 8.90. The molecular formula is C10H13BF4-. The van der Waals surface area contributed by atoms with Gasteiger partial charge in [-0.2, -0.15) is 0 Å². The maximum absolute atomic E-state index is 9.75. The van der Waals surface area contributed by atoms with E-state index in [9.17, 15) is 17.3 Å². The Morgan fingerprint density at radius 3 is 1.53 bits per heavy atom. The summed E-state index contributed by atoms with van der Waals surface area (Å²) in [6, 6.07) is 11.1. The highest BCUT2D eigenvalue weighted by atomic mass is 19.5. The minimum absolute atomic E-state index is 0.273. The third-order valence-corrected chi connectivity index (χ3v) is 1.58. The van der Waals surface area contributed by atoms with Crippen molar-refractivity contribution in [1.29, 1.82) is 0 Å². The van der Waals surface area contributed by atoms with E-state index in [0.717, 1.165) is 0 Å². The second kappa shape index (κ2) is 5.19. The molecule has 0 aliphatic rings. The fourth-order valence-electron chi connectivity index (χ4n) is 0.887. The lowest BCUT2D eigenvalue weighted by Gasteiger charge is -2.17. The first kappa shape index (κ1) is 14.0. The normalized spacial score (nSPS) is 11.7. The fourth-order valence-corrected chi connectivity index (χ4v) is 0.887. The summed E-state index contributed by atoms with van der Waals surface area (Å²) in [5, 5.41) is 0. The van der Waals surface area contributed by atoms with Gasteiger partial charge < -0.3 is 17.3 Å². The number of hydrogen-bond donors (Lipinski definition) is 0. The van der Waals surface area contributed by atoms with Crippen molar-refractivity contribution in [3.63, 3.8) is 0 Å². The first-order valence-corrected chi connectivity index (χ1v) is 4.44. The van der Waals surface area contributed by atoms with E-state index in [1.54, 1.807) is 0 Å². The molecule has 1 aromatic carbocycles. The molecule has 0 heterocycles. The van der Waals surface area contributed by atoms with Gasteiger partial charge in [-0.25, -0.2) is 0 Å². The summed E-state index contributed by atoms with van der Waals surface area (Å²) >= 11 is 0. The van der Waals surface area contributed by atoms with Crippen molar-refractivity contribution in [1.82, 2.24) is 0 Å². The monoisotopic (exact) mass is 220 g/mol. The van der Waals surface area contributed by atoms with Crippen LogP contribution in [0, 0.1) is 6.07 Å². The molecule has 0 amide bonds. The van der Waals surface area contributed by atoms with Gasteiger partial charge in [0.2, 0.25) is 0 Å². The molecule has 0 atom stereocenters.